The van der Waals surface area contributed by atoms with Crippen molar-refractivity contribution in [2.24, 2.45) is 0 Å². The predicted molar refractivity (Wildman–Crippen MR) is 114 cm³/mol. The summed E-state index contributed by atoms with van der Waals surface area (Å²) in [6.45, 7) is 2.33. The van der Waals surface area contributed by atoms with Crippen LogP contribution in [0.2, 0.25) is 0 Å². The van der Waals surface area contributed by atoms with Gasteiger partial charge in [-0.25, -0.2) is 4.98 Å². The second-order valence-corrected chi connectivity index (χ2v) is 8.60. The van der Waals surface area contributed by atoms with E-state index < -0.39 is 5.97 Å². The Bertz CT molecular complexity index is 1190. The first-order valence-electron chi connectivity index (χ1n) is 8.91. The van der Waals surface area contributed by atoms with Crippen molar-refractivity contribution in [3.8, 4) is 21.8 Å². The highest BCUT2D eigenvalue weighted by Gasteiger charge is 2.21. The summed E-state index contributed by atoms with van der Waals surface area (Å²) in [5, 5.41) is 11.6. The van der Waals surface area contributed by atoms with Crippen molar-refractivity contribution in [1.29, 1.82) is 0 Å². The standard InChI is InChI=1S/C21H18N2O3S2/c1-13-17(15-9-6-12-27-15)18-20(28-13)22-19(14-7-3-2-4-8-14)23(21(18)26)11-5-10-16(24)25/h2-4,6-9,12H,5,10-11H2,1H3,(H,24,25). The van der Waals surface area contributed by atoms with E-state index in [1.807, 2.05) is 54.8 Å². The number of rotatable bonds is 6. The smallest absolute Gasteiger partial charge is 0.303 e. The molecule has 0 aliphatic carbocycles. The number of carboxylic acid groups (broad SMARTS) is 1. The summed E-state index contributed by atoms with van der Waals surface area (Å²) in [4.78, 5) is 32.1. The molecule has 1 aromatic carbocycles. The Hall–Kier alpha value is -2.77. The zero-order chi connectivity index (χ0) is 19.7. The van der Waals surface area contributed by atoms with Crippen molar-refractivity contribution < 1.29 is 9.90 Å². The number of benzene rings is 1. The van der Waals surface area contributed by atoms with Gasteiger partial charge in [0.2, 0.25) is 0 Å². The molecule has 0 aliphatic heterocycles. The van der Waals surface area contributed by atoms with Crippen molar-refractivity contribution in [3.05, 3.63) is 63.1 Å². The van der Waals surface area contributed by atoms with Crippen molar-refractivity contribution in [3.63, 3.8) is 0 Å². The number of aromatic nitrogens is 2. The van der Waals surface area contributed by atoms with Crippen LogP contribution < -0.4 is 5.56 Å². The minimum atomic E-state index is -0.867. The number of aryl methyl sites for hydroxylation is 1. The number of carbonyl (C=O) groups is 1. The average Bonchev–Trinajstić information content (AvgIpc) is 3.31. The van der Waals surface area contributed by atoms with Crippen molar-refractivity contribution in [2.75, 3.05) is 0 Å². The Kier molecular flexibility index (Phi) is 5.11. The van der Waals surface area contributed by atoms with Gasteiger partial charge in [0, 0.05) is 33.8 Å². The Morgan fingerprint density at radius 3 is 2.64 bits per heavy atom. The third-order valence-corrected chi connectivity index (χ3v) is 6.45. The molecule has 0 unspecified atom stereocenters. The highest BCUT2D eigenvalue weighted by Crippen LogP contribution is 2.38. The number of hydrogen-bond acceptors (Lipinski definition) is 5. The quantitative estimate of drug-likeness (QED) is 0.484. The van der Waals surface area contributed by atoms with E-state index in [-0.39, 0.29) is 12.0 Å². The van der Waals surface area contributed by atoms with Gasteiger partial charge in [-0.05, 0) is 24.8 Å². The first kappa shape index (κ1) is 18.6. The summed E-state index contributed by atoms with van der Waals surface area (Å²) >= 11 is 3.13. The van der Waals surface area contributed by atoms with E-state index in [0.29, 0.717) is 24.2 Å². The molecule has 0 saturated carbocycles. The van der Waals surface area contributed by atoms with Crippen LogP contribution in [0.15, 0.2) is 52.6 Å². The molecule has 5 nitrogen and oxygen atoms in total. The molecule has 0 atom stereocenters. The Balaban J connectivity index is 1.96. The van der Waals surface area contributed by atoms with Gasteiger partial charge in [-0.2, -0.15) is 0 Å². The van der Waals surface area contributed by atoms with Crippen LogP contribution in [0.4, 0.5) is 0 Å². The molecule has 1 N–H and O–H groups in total. The van der Waals surface area contributed by atoms with E-state index in [4.69, 9.17) is 10.1 Å². The van der Waals surface area contributed by atoms with E-state index in [1.54, 1.807) is 15.9 Å². The maximum absolute atomic E-state index is 13.5. The van der Waals surface area contributed by atoms with E-state index in [9.17, 15) is 9.59 Å². The molecule has 0 amide bonds. The van der Waals surface area contributed by atoms with Crippen LogP contribution in [-0.2, 0) is 11.3 Å². The fourth-order valence-corrected chi connectivity index (χ4v) is 5.24. The lowest BCUT2D eigenvalue weighted by atomic mass is 10.1. The van der Waals surface area contributed by atoms with Gasteiger partial charge in [-0.1, -0.05) is 36.4 Å². The fraction of sp³-hybridized carbons (Fsp3) is 0.190. The molecule has 7 heteroatoms. The molecule has 142 valence electrons. The topological polar surface area (TPSA) is 72.2 Å². The minimum Gasteiger partial charge on any atom is -0.481 e. The molecule has 3 heterocycles. The summed E-state index contributed by atoms with van der Waals surface area (Å²) in [6, 6.07) is 13.6. The number of hydrogen-bond donors (Lipinski definition) is 1. The van der Waals surface area contributed by atoms with Crippen LogP contribution in [0.25, 0.3) is 32.0 Å². The van der Waals surface area contributed by atoms with E-state index in [0.717, 1.165) is 25.7 Å². The molecule has 0 aliphatic rings. The van der Waals surface area contributed by atoms with Crippen LogP contribution in [0.1, 0.15) is 17.7 Å². The second kappa shape index (κ2) is 7.69. The number of fused-ring (bicyclic) bond motifs is 1. The lowest BCUT2D eigenvalue weighted by Gasteiger charge is -2.12. The van der Waals surface area contributed by atoms with Crippen molar-refractivity contribution >= 4 is 38.9 Å². The maximum atomic E-state index is 13.5. The largest absolute Gasteiger partial charge is 0.481 e. The van der Waals surface area contributed by atoms with E-state index in [2.05, 4.69) is 0 Å². The summed E-state index contributed by atoms with van der Waals surface area (Å²) in [5.74, 6) is -0.281. The summed E-state index contributed by atoms with van der Waals surface area (Å²) in [5.41, 5.74) is 1.68. The third-order valence-electron chi connectivity index (χ3n) is 4.56. The van der Waals surface area contributed by atoms with Gasteiger partial charge in [-0.3, -0.25) is 14.2 Å². The predicted octanol–water partition coefficient (Wildman–Crippen LogP) is 5.03. The summed E-state index contributed by atoms with van der Waals surface area (Å²) in [7, 11) is 0. The van der Waals surface area contributed by atoms with Gasteiger partial charge >= 0.3 is 5.97 Å². The zero-order valence-corrected chi connectivity index (χ0v) is 16.8. The molecule has 0 radical (unpaired) electrons. The molecule has 0 bridgehead atoms. The Morgan fingerprint density at radius 1 is 1.18 bits per heavy atom. The molecule has 3 aromatic heterocycles. The number of carboxylic acids is 1. The first-order chi connectivity index (χ1) is 13.6. The first-order valence-corrected chi connectivity index (χ1v) is 10.6. The zero-order valence-electron chi connectivity index (χ0n) is 15.2. The molecule has 28 heavy (non-hydrogen) atoms. The Morgan fingerprint density at radius 2 is 1.96 bits per heavy atom. The SMILES string of the molecule is Cc1sc2nc(-c3ccccc3)n(CCCC(=O)O)c(=O)c2c1-c1cccs1. The second-order valence-electron chi connectivity index (χ2n) is 6.45. The number of nitrogens with zero attached hydrogens (tertiary/aromatic N) is 2. The van der Waals surface area contributed by atoms with Gasteiger partial charge < -0.3 is 5.11 Å². The normalized spacial score (nSPS) is 11.2. The van der Waals surface area contributed by atoms with E-state index >= 15 is 0 Å². The van der Waals surface area contributed by atoms with Crippen LogP contribution in [0, 0.1) is 6.92 Å². The van der Waals surface area contributed by atoms with Gasteiger partial charge in [0.05, 0.1) is 5.39 Å². The van der Waals surface area contributed by atoms with Gasteiger partial charge in [0.25, 0.3) is 5.56 Å². The summed E-state index contributed by atoms with van der Waals surface area (Å²) < 4.78 is 1.63. The minimum absolute atomic E-state index is 0.0130. The van der Waals surface area contributed by atoms with Gasteiger partial charge in [-0.15, -0.1) is 22.7 Å². The third kappa shape index (κ3) is 3.39. The summed E-state index contributed by atoms with van der Waals surface area (Å²) in [6.07, 6.45) is 0.388. The fourth-order valence-electron chi connectivity index (χ4n) is 3.32. The van der Waals surface area contributed by atoms with Gasteiger partial charge in [0.15, 0.2) is 0 Å². The average molecular weight is 411 g/mol. The van der Waals surface area contributed by atoms with Gasteiger partial charge in [0.1, 0.15) is 10.7 Å². The lowest BCUT2D eigenvalue weighted by Crippen LogP contribution is -2.23. The van der Waals surface area contributed by atoms with Crippen LogP contribution in [0.5, 0.6) is 0 Å². The molecular formula is C21H18N2O3S2. The van der Waals surface area contributed by atoms with Crippen LogP contribution in [0.3, 0.4) is 0 Å². The Labute approximate surface area is 169 Å². The van der Waals surface area contributed by atoms with Crippen molar-refractivity contribution in [1.82, 2.24) is 9.55 Å². The maximum Gasteiger partial charge on any atom is 0.303 e. The molecule has 0 saturated heterocycles. The molecule has 4 aromatic rings. The van der Waals surface area contributed by atoms with Crippen LogP contribution in [-0.4, -0.2) is 20.6 Å². The van der Waals surface area contributed by atoms with E-state index in [1.165, 1.54) is 11.3 Å². The monoisotopic (exact) mass is 410 g/mol. The molecular weight excluding hydrogens is 392 g/mol. The molecule has 0 spiro atoms. The van der Waals surface area contributed by atoms with Crippen molar-refractivity contribution in [2.45, 2.75) is 26.3 Å². The number of aliphatic carboxylic acids is 1. The van der Waals surface area contributed by atoms with Crippen LogP contribution >= 0.6 is 22.7 Å². The highest BCUT2D eigenvalue weighted by atomic mass is 32.1. The molecule has 0 fully saturated rings. The lowest BCUT2D eigenvalue weighted by molar-refractivity contribution is -0.137. The number of thiophene rings is 2. The highest BCUT2D eigenvalue weighted by molar-refractivity contribution is 7.20. The molecule has 4 rings (SSSR count).